The maximum absolute atomic E-state index is 11.4. The third-order valence-electron chi connectivity index (χ3n) is 4.02. The summed E-state index contributed by atoms with van der Waals surface area (Å²) < 4.78 is 1.93. The van der Waals surface area contributed by atoms with Crippen LogP contribution >= 0.6 is 11.8 Å². The Kier molecular flexibility index (Phi) is 5.92. The minimum absolute atomic E-state index is 0.0483. The van der Waals surface area contributed by atoms with Crippen LogP contribution in [0.2, 0.25) is 0 Å². The minimum atomic E-state index is -0.437. The van der Waals surface area contributed by atoms with Crippen LogP contribution in [0.4, 0.5) is 23.0 Å². The van der Waals surface area contributed by atoms with E-state index in [4.69, 9.17) is 0 Å². The molecule has 1 atom stereocenters. The molecule has 0 saturated carbocycles. The van der Waals surface area contributed by atoms with E-state index in [1.165, 1.54) is 6.07 Å². The van der Waals surface area contributed by atoms with Gasteiger partial charge in [-0.25, -0.2) is 9.97 Å². The molecule has 3 rings (SSSR count). The quantitative estimate of drug-likeness (QED) is 0.331. The van der Waals surface area contributed by atoms with Crippen LogP contribution in [0.5, 0.6) is 0 Å². The Balaban J connectivity index is 1.92. The molecule has 1 unspecified atom stereocenters. The SMILES string of the molecule is CCC(Nc1ccc([N+](=O)[O-])c(Nc2ccccc2SC)n1)n1ccnc1. The van der Waals surface area contributed by atoms with Crippen LogP contribution in [0, 0.1) is 10.1 Å². The van der Waals surface area contributed by atoms with Crippen LogP contribution in [0.3, 0.4) is 0 Å². The number of thioether (sulfide) groups is 1. The zero-order valence-electron chi connectivity index (χ0n) is 15.0. The summed E-state index contributed by atoms with van der Waals surface area (Å²) in [5.41, 5.74) is 0.700. The van der Waals surface area contributed by atoms with Gasteiger partial charge in [-0.3, -0.25) is 10.1 Å². The lowest BCUT2D eigenvalue weighted by molar-refractivity contribution is -0.384. The van der Waals surface area contributed by atoms with Crippen molar-refractivity contribution in [3.63, 3.8) is 0 Å². The van der Waals surface area contributed by atoms with Crippen LogP contribution in [-0.2, 0) is 0 Å². The number of anilines is 3. The van der Waals surface area contributed by atoms with Crippen LogP contribution in [-0.4, -0.2) is 25.7 Å². The van der Waals surface area contributed by atoms with Crippen molar-refractivity contribution in [1.82, 2.24) is 14.5 Å². The molecule has 1 aromatic carbocycles. The van der Waals surface area contributed by atoms with E-state index in [1.54, 1.807) is 30.4 Å². The fourth-order valence-electron chi connectivity index (χ4n) is 2.66. The molecule has 0 amide bonds. The number of para-hydroxylation sites is 1. The van der Waals surface area contributed by atoms with Gasteiger partial charge in [0.2, 0.25) is 5.82 Å². The normalized spacial score (nSPS) is 11.8. The topological polar surface area (TPSA) is 97.9 Å². The molecule has 0 fully saturated rings. The Morgan fingerprint density at radius 1 is 1.30 bits per heavy atom. The van der Waals surface area contributed by atoms with Crippen molar-refractivity contribution >= 4 is 34.8 Å². The lowest BCUT2D eigenvalue weighted by Crippen LogP contribution is -2.17. The van der Waals surface area contributed by atoms with Crippen LogP contribution in [0.25, 0.3) is 0 Å². The lowest BCUT2D eigenvalue weighted by atomic mass is 10.3. The second kappa shape index (κ2) is 8.54. The van der Waals surface area contributed by atoms with E-state index in [2.05, 4.69) is 20.6 Å². The molecular formula is C18H20N6O2S. The average Bonchev–Trinajstić information content (AvgIpc) is 3.21. The van der Waals surface area contributed by atoms with Crippen LogP contribution in [0.15, 0.2) is 60.0 Å². The molecule has 0 spiro atoms. The highest BCUT2D eigenvalue weighted by atomic mass is 32.2. The number of nitrogens with zero attached hydrogens (tertiary/aromatic N) is 4. The van der Waals surface area contributed by atoms with Crippen LogP contribution in [0.1, 0.15) is 19.5 Å². The molecule has 0 aliphatic heterocycles. The number of nitro groups is 1. The second-order valence-corrected chi connectivity index (χ2v) is 6.57. The molecule has 0 aliphatic carbocycles. The van der Waals surface area contributed by atoms with Crippen molar-refractivity contribution in [2.75, 3.05) is 16.9 Å². The molecule has 0 aliphatic rings. The summed E-state index contributed by atoms with van der Waals surface area (Å²) in [6.07, 6.45) is 8.00. The Bertz CT molecular complexity index is 916. The summed E-state index contributed by atoms with van der Waals surface area (Å²) in [6, 6.07) is 10.7. The summed E-state index contributed by atoms with van der Waals surface area (Å²) in [5.74, 6) is 0.747. The third-order valence-corrected chi connectivity index (χ3v) is 4.81. The molecule has 2 aromatic heterocycles. The Morgan fingerprint density at radius 3 is 2.78 bits per heavy atom. The predicted octanol–water partition coefficient (Wildman–Crippen LogP) is 4.67. The molecule has 2 heterocycles. The zero-order chi connectivity index (χ0) is 19.2. The molecule has 9 heteroatoms. The standard InChI is InChI=1S/C18H20N6O2S/c1-3-17(23-11-10-19-12-23)21-16-9-8-14(24(25)26)18(22-16)20-13-6-4-5-7-15(13)27-2/h4-12,17H,3H2,1-2H3,(H2,20,21,22). The van der Waals surface area contributed by atoms with E-state index in [9.17, 15) is 10.1 Å². The summed E-state index contributed by atoms with van der Waals surface area (Å²) in [6.45, 7) is 2.04. The number of hydrogen-bond donors (Lipinski definition) is 2. The van der Waals surface area contributed by atoms with Gasteiger partial charge >= 0.3 is 5.69 Å². The molecular weight excluding hydrogens is 364 g/mol. The monoisotopic (exact) mass is 384 g/mol. The van der Waals surface area contributed by atoms with Gasteiger partial charge in [-0.05, 0) is 30.9 Å². The fraction of sp³-hybridized carbons (Fsp3) is 0.222. The summed E-state index contributed by atoms with van der Waals surface area (Å²) in [4.78, 5) is 20.5. The van der Waals surface area contributed by atoms with E-state index < -0.39 is 4.92 Å². The Hall–Kier alpha value is -3.07. The lowest BCUT2D eigenvalue weighted by Gasteiger charge is -2.19. The minimum Gasteiger partial charge on any atom is -0.350 e. The number of rotatable bonds is 8. The zero-order valence-corrected chi connectivity index (χ0v) is 15.8. The van der Waals surface area contributed by atoms with Gasteiger partial charge in [-0.2, -0.15) is 0 Å². The van der Waals surface area contributed by atoms with E-state index in [0.717, 1.165) is 17.0 Å². The van der Waals surface area contributed by atoms with E-state index in [0.29, 0.717) is 5.82 Å². The largest absolute Gasteiger partial charge is 0.350 e. The average molecular weight is 384 g/mol. The molecule has 0 saturated heterocycles. The van der Waals surface area contributed by atoms with Gasteiger partial charge in [-0.15, -0.1) is 11.8 Å². The number of imidazole rings is 1. The highest BCUT2D eigenvalue weighted by Crippen LogP contribution is 2.32. The first kappa shape index (κ1) is 18.7. The highest BCUT2D eigenvalue weighted by molar-refractivity contribution is 7.98. The Morgan fingerprint density at radius 2 is 2.11 bits per heavy atom. The van der Waals surface area contributed by atoms with Crippen molar-refractivity contribution < 1.29 is 4.92 Å². The first-order valence-electron chi connectivity index (χ1n) is 8.41. The van der Waals surface area contributed by atoms with E-state index in [-0.39, 0.29) is 17.7 Å². The van der Waals surface area contributed by atoms with Gasteiger partial charge in [0.25, 0.3) is 0 Å². The maximum atomic E-state index is 11.4. The van der Waals surface area contributed by atoms with Gasteiger partial charge in [0.05, 0.1) is 16.9 Å². The molecule has 27 heavy (non-hydrogen) atoms. The third kappa shape index (κ3) is 4.37. The first-order valence-corrected chi connectivity index (χ1v) is 9.64. The first-order chi connectivity index (χ1) is 13.1. The van der Waals surface area contributed by atoms with E-state index in [1.807, 2.05) is 48.2 Å². The summed E-state index contributed by atoms with van der Waals surface area (Å²) >= 11 is 1.56. The number of aromatic nitrogens is 3. The highest BCUT2D eigenvalue weighted by Gasteiger charge is 2.18. The fourth-order valence-corrected chi connectivity index (χ4v) is 3.21. The van der Waals surface area contributed by atoms with Crippen molar-refractivity contribution in [3.8, 4) is 0 Å². The van der Waals surface area contributed by atoms with Gasteiger partial charge in [0, 0.05) is 23.4 Å². The predicted molar refractivity (Wildman–Crippen MR) is 108 cm³/mol. The summed E-state index contributed by atoms with van der Waals surface area (Å²) in [7, 11) is 0. The molecule has 2 N–H and O–H groups in total. The van der Waals surface area contributed by atoms with E-state index >= 15 is 0 Å². The number of pyridine rings is 1. The van der Waals surface area contributed by atoms with Crippen molar-refractivity contribution in [3.05, 3.63) is 65.2 Å². The molecule has 0 radical (unpaired) electrons. The maximum Gasteiger partial charge on any atom is 0.311 e. The number of nitrogens with one attached hydrogen (secondary N) is 2. The number of hydrogen-bond acceptors (Lipinski definition) is 7. The van der Waals surface area contributed by atoms with Gasteiger partial charge in [0.15, 0.2) is 0 Å². The van der Waals surface area contributed by atoms with Gasteiger partial charge in [-0.1, -0.05) is 19.1 Å². The van der Waals surface area contributed by atoms with Gasteiger partial charge < -0.3 is 15.2 Å². The molecule has 3 aromatic rings. The van der Waals surface area contributed by atoms with Crippen molar-refractivity contribution in [2.45, 2.75) is 24.4 Å². The van der Waals surface area contributed by atoms with Gasteiger partial charge in [0.1, 0.15) is 12.0 Å². The van der Waals surface area contributed by atoms with Crippen LogP contribution < -0.4 is 10.6 Å². The van der Waals surface area contributed by atoms with Crippen molar-refractivity contribution in [2.24, 2.45) is 0 Å². The Labute approximate surface area is 161 Å². The summed E-state index contributed by atoms with van der Waals surface area (Å²) in [5, 5.41) is 17.8. The molecule has 8 nitrogen and oxygen atoms in total. The second-order valence-electron chi connectivity index (χ2n) is 5.72. The van der Waals surface area contributed by atoms with Crippen molar-refractivity contribution in [1.29, 1.82) is 0 Å². The smallest absolute Gasteiger partial charge is 0.311 e. The molecule has 0 bridgehead atoms. The number of benzene rings is 1. The molecule has 140 valence electrons.